The fraction of sp³-hybridized carbons (Fsp3) is 0. The average Bonchev–Trinajstić information content (AvgIpc) is 3.60. The molecule has 2 heterocycles. The van der Waals surface area contributed by atoms with Gasteiger partial charge in [0.1, 0.15) is 11.2 Å². The first-order valence-electron chi connectivity index (χ1n) is 14.0. The molecule has 9 aromatic rings. The largest absolute Gasteiger partial charge is 0.454 e. The van der Waals surface area contributed by atoms with Crippen LogP contribution >= 0.6 is 11.6 Å². The maximum Gasteiger partial charge on any atom is 0.159 e. The van der Waals surface area contributed by atoms with Crippen LogP contribution in [0.5, 0.6) is 0 Å². The van der Waals surface area contributed by atoms with Gasteiger partial charge in [0.15, 0.2) is 11.2 Å². The van der Waals surface area contributed by atoms with Crippen LogP contribution in [0.25, 0.3) is 65.4 Å². The second-order valence-electron chi connectivity index (χ2n) is 10.6. The Kier molecular flexibility index (Phi) is 4.96. The van der Waals surface area contributed by atoms with Crippen LogP contribution in [0.4, 0.5) is 17.1 Å². The van der Waals surface area contributed by atoms with Crippen LogP contribution in [-0.4, -0.2) is 0 Å². The van der Waals surface area contributed by atoms with Gasteiger partial charge in [-0.05, 0) is 52.6 Å². The Morgan fingerprint density at radius 2 is 0.976 bits per heavy atom. The molecule has 2 aromatic heterocycles. The molecule has 0 saturated heterocycles. The van der Waals surface area contributed by atoms with Crippen LogP contribution in [0.1, 0.15) is 0 Å². The molecule has 0 spiro atoms. The highest BCUT2D eigenvalue weighted by molar-refractivity contribution is 6.31. The van der Waals surface area contributed by atoms with Gasteiger partial charge in [0, 0.05) is 38.0 Å². The van der Waals surface area contributed by atoms with E-state index < -0.39 is 0 Å². The third-order valence-electron chi connectivity index (χ3n) is 8.29. The normalized spacial score (nSPS) is 11.9. The number of fused-ring (bicyclic) bond motifs is 9. The second kappa shape index (κ2) is 8.87. The Morgan fingerprint density at radius 1 is 0.405 bits per heavy atom. The molecule has 0 saturated carbocycles. The van der Waals surface area contributed by atoms with Crippen molar-refractivity contribution in [3.63, 3.8) is 0 Å². The van der Waals surface area contributed by atoms with Gasteiger partial charge >= 0.3 is 0 Å². The van der Waals surface area contributed by atoms with Gasteiger partial charge in [0.2, 0.25) is 0 Å². The number of hydrogen-bond acceptors (Lipinski definition) is 3. The van der Waals surface area contributed by atoms with Crippen molar-refractivity contribution < 1.29 is 8.83 Å². The van der Waals surface area contributed by atoms with Gasteiger partial charge in [-0.15, -0.1) is 0 Å². The Bertz CT molecular complexity index is 2500. The summed E-state index contributed by atoms with van der Waals surface area (Å²) in [5.41, 5.74) is 6.15. The minimum Gasteiger partial charge on any atom is -0.454 e. The zero-order chi connectivity index (χ0) is 27.8. The van der Waals surface area contributed by atoms with E-state index in [-0.39, 0.29) is 0 Å². The van der Waals surface area contributed by atoms with Crippen molar-refractivity contribution in [2.75, 3.05) is 4.90 Å². The van der Waals surface area contributed by atoms with Crippen molar-refractivity contribution in [1.29, 1.82) is 0 Å². The highest BCUT2D eigenvalue weighted by Crippen LogP contribution is 2.48. The second-order valence-corrected chi connectivity index (χ2v) is 11.1. The summed E-state index contributed by atoms with van der Waals surface area (Å²) in [5.74, 6) is 0. The summed E-state index contributed by atoms with van der Waals surface area (Å²) in [6.45, 7) is 0. The summed E-state index contributed by atoms with van der Waals surface area (Å²) < 4.78 is 13.2. The Balaban J connectivity index is 1.45. The third-order valence-corrected chi connectivity index (χ3v) is 8.53. The van der Waals surface area contributed by atoms with Crippen molar-refractivity contribution in [2.45, 2.75) is 0 Å². The molecule has 4 heteroatoms. The van der Waals surface area contributed by atoms with Gasteiger partial charge in [-0.2, -0.15) is 0 Å². The van der Waals surface area contributed by atoms with Gasteiger partial charge in [-0.1, -0.05) is 103 Å². The van der Waals surface area contributed by atoms with Crippen molar-refractivity contribution in [3.05, 3.63) is 138 Å². The molecule has 0 amide bonds. The van der Waals surface area contributed by atoms with Crippen LogP contribution < -0.4 is 4.90 Å². The van der Waals surface area contributed by atoms with Gasteiger partial charge in [-0.25, -0.2) is 0 Å². The Labute approximate surface area is 245 Å². The fourth-order valence-electron chi connectivity index (χ4n) is 6.45. The summed E-state index contributed by atoms with van der Waals surface area (Å²) in [4.78, 5) is 2.30. The van der Waals surface area contributed by atoms with Crippen LogP contribution in [0.3, 0.4) is 0 Å². The van der Waals surface area contributed by atoms with Gasteiger partial charge in [-0.3, -0.25) is 0 Å². The van der Waals surface area contributed by atoms with Crippen molar-refractivity contribution >= 4 is 94.1 Å². The van der Waals surface area contributed by atoms with E-state index in [1.807, 2.05) is 30.3 Å². The standard InChI is InChI=1S/C38H22ClNO2/c39-24-19-20-29-31-15-8-17-33(38(31)42-36(29)22-24)40(32-16-7-14-30-28-13-5-6-18-35(28)41-37(30)32)34-21-23-9-1-2-10-25(23)26-11-3-4-12-27(26)34/h1-22H. The lowest BCUT2D eigenvalue weighted by Gasteiger charge is -2.27. The lowest BCUT2D eigenvalue weighted by molar-refractivity contribution is 0.666. The smallest absolute Gasteiger partial charge is 0.159 e. The van der Waals surface area contributed by atoms with E-state index in [4.69, 9.17) is 20.4 Å². The molecule has 7 aromatic carbocycles. The highest BCUT2D eigenvalue weighted by atomic mass is 35.5. The van der Waals surface area contributed by atoms with Gasteiger partial charge in [0.05, 0.1) is 17.1 Å². The molecule has 0 aliphatic heterocycles. The molecule has 0 N–H and O–H groups in total. The first-order valence-corrected chi connectivity index (χ1v) is 14.3. The molecular weight excluding hydrogens is 538 g/mol. The summed E-state index contributed by atoms with van der Waals surface area (Å²) in [6.07, 6.45) is 0. The van der Waals surface area contributed by atoms with E-state index in [2.05, 4.69) is 108 Å². The van der Waals surface area contributed by atoms with Crippen LogP contribution in [0.15, 0.2) is 142 Å². The molecule has 0 aliphatic rings. The van der Waals surface area contributed by atoms with E-state index >= 15 is 0 Å². The number of hydrogen-bond donors (Lipinski definition) is 0. The fourth-order valence-corrected chi connectivity index (χ4v) is 6.61. The number of furan rings is 2. The molecule has 3 nitrogen and oxygen atoms in total. The topological polar surface area (TPSA) is 29.5 Å². The molecule has 198 valence electrons. The highest BCUT2D eigenvalue weighted by Gasteiger charge is 2.25. The van der Waals surface area contributed by atoms with Gasteiger partial charge < -0.3 is 13.7 Å². The van der Waals surface area contributed by atoms with Crippen molar-refractivity contribution in [1.82, 2.24) is 0 Å². The monoisotopic (exact) mass is 559 g/mol. The number of nitrogens with zero attached hydrogens (tertiary/aromatic N) is 1. The van der Waals surface area contributed by atoms with Crippen molar-refractivity contribution in [3.8, 4) is 0 Å². The summed E-state index contributed by atoms with van der Waals surface area (Å²) in [6, 6.07) is 46.2. The first kappa shape index (κ1) is 23.5. The van der Waals surface area contributed by atoms with E-state index in [9.17, 15) is 0 Å². The minimum absolute atomic E-state index is 0.646. The van der Waals surface area contributed by atoms with Crippen LogP contribution in [0, 0.1) is 0 Å². The van der Waals surface area contributed by atoms with E-state index in [0.717, 1.165) is 71.7 Å². The predicted molar refractivity (Wildman–Crippen MR) is 176 cm³/mol. The van der Waals surface area contributed by atoms with Crippen molar-refractivity contribution in [2.24, 2.45) is 0 Å². The SMILES string of the molecule is Clc1ccc2c(c1)oc1c(N(c3cc4ccccc4c4ccccc34)c3cccc4c3oc3ccccc34)cccc12. The molecule has 0 bridgehead atoms. The molecule has 0 unspecified atom stereocenters. The first-order chi connectivity index (χ1) is 20.7. The molecule has 0 aliphatic carbocycles. The van der Waals surface area contributed by atoms with E-state index in [0.29, 0.717) is 5.02 Å². The molecule has 42 heavy (non-hydrogen) atoms. The Hall–Kier alpha value is -5.25. The quantitative estimate of drug-likeness (QED) is 0.202. The van der Waals surface area contributed by atoms with Gasteiger partial charge in [0.25, 0.3) is 0 Å². The molecular formula is C38H22ClNO2. The van der Waals surface area contributed by atoms with Crippen LogP contribution in [-0.2, 0) is 0 Å². The van der Waals surface area contributed by atoms with E-state index in [1.54, 1.807) is 0 Å². The molecule has 0 fully saturated rings. The maximum absolute atomic E-state index is 6.60. The lowest BCUT2D eigenvalue weighted by atomic mass is 9.98. The number of halogens is 1. The Morgan fingerprint density at radius 3 is 1.74 bits per heavy atom. The third kappa shape index (κ3) is 3.35. The zero-order valence-electron chi connectivity index (χ0n) is 22.3. The number of anilines is 3. The molecule has 0 atom stereocenters. The summed E-state index contributed by atoms with van der Waals surface area (Å²) in [7, 11) is 0. The lowest BCUT2D eigenvalue weighted by Crippen LogP contribution is -2.11. The number of benzene rings is 7. The summed E-state index contributed by atoms with van der Waals surface area (Å²) in [5, 5.41) is 9.58. The number of para-hydroxylation sites is 3. The minimum atomic E-state index is 0.646. The molecule has 0 radical (unpaired) electrons. The molecule has 9 rings (SSSR count). The van der Waals surface area contributed by atoms with Crippen LogP contribution in [0.2, 0.25) is 5.02 Å². The maximum atomic E-state index is 6.60. The number of rotatable bonds is 3. The zero-order valence-corrected chi connectivity index (χ0v) is 23.1. The van der Waals surface area contributed by atoms with E-state index in [1.165, 1.54) is 10.8 Å². The average molecular weight is 560 g/mol. The summed E-state index contributed by atoms with van der Waals surface area (Å²) >= 11 is 6.38. The predicted octanol–water partition coefficient (Wildman–Crippen LogP) is 11.9.